The number of hydrogen-bond donors (Lipinski definition) is 1. The van der Waals surface area contributed by atoms with E-state index < -0.39 is 24.3 Å². The van der Waals surface area contributed by atoms with E-state index in [1.165, 1.54) is 12.1 Å². The average molecular weight is 588 g/mol. The van der Waals surface area contributed by atoms with Crippen LogP contribution < -0.4 is 4.90 Å². The van der Waals surface area contributed by atoms with Crippen LogP contribution in [-0.4, -0.2) is 105 Å². The van der Waals surface area contributed by atoms with E-state index in [-0.39, 0.29) is 30.2 Å². The van der Waals surface area contributed by atoms with Crippen molar-refractivity contribution in [2.75, 3.05) is 64.4 Å². The van der Waals surface area contributed by atoms with Crippen molar-refractivity contribution in [1.29, 1.82) is 0 Å². The van der Waals surface area contributed by atoms with Gasteiger partial charge in [0.1, 0.15) is 18.0 Å². The number of rotatable bonds is 4. The van der Waals surface area contributed by atoms with Crippen LogP contribution >= 0.6 is 0 Å². The highest BCUT2D eigenvalue weighted by atomic mass is 19.1. The molecule has 0 aromatic heterocycles. The molecule has 1 N–H and O–H groups in total. The lowest BCUT2D eigenvalue weighted by molar-refractivity contribution is -0.151. The third-order valence-electron chi connectivity index (χ3n) is 8.38. The number of aliphatic hydroxyl groups is 1. The van der Waals surface area contributed by atoms with Gasteiger partial charge in [-0.2, -0.15) is 0 Å². The standard InChI is InChI=1S/C32H46FN3O6/c1-22-5-7-28(37)21-30(38)42-31(23(2)6-8-29(22)41-32(39)36-11-9-34(4)10-12-36)24(3)17-25-18-26(33)20-27(19-25)35-13-15-40-16-14-35/h6,8,17-20,22-23,28-29,31,37H,5,7,9-16,21H2,1-4H3/b8-6+,24-17+/t22-,23-,28+,29+,31-/m0/s1. The van der Waals surface area contributed by atoms with Crippen LogP contribution in [0.5, 0.6) is 0 Å². The Morgan fingerprint density at radius 3 is 2.48 bits per heavy atom. The lowest BCUT2D eigenvalue weighted by Gasteiger charge is -2.33. The summed E-state index contributed by atoms with van der Waals surface area (Å²) >= 11 is 0. The van der Waals surface area contributed by atoms with Crippen molar-refractivity contribution in [2.45, 2.75) is 58.3 Å². The number of carbonyl (C=O) groups is 2. The second kappa shape index (κ2) is 15.0. The summed E-state index contributed by atoms with van der Waals surface area (Å²) in [7, 11) is 2.03. The predicted octanol–water partition coefficient (Wildman–Crippen LogP) is 4.10. The summed E-state index contributed by atoms with van der Waals surface area (Å²) in [6.07, 6.45) is 4.14. The van der Waals surface area contributed by atoms with Gasteiger partial charge in [-0.15, -0.1) is 0 Å². The maximum Gasteiger partial charge on any atom is 0.410 e. The number of likely N-dealkylation sites (N-methyl/N-ethyl adjacent to an activating group) is 1. The minimum atomic E-state index is -0.864. The monoisotopic (exact) mass is 587 g/mol. The molecular weight excluding hydrogens is 541 g/mol. The summed E-state index contributed by atoms with van der Waals surface area (Å²) in [5, 5.41) is 10.6. The Kier molecular flexibility index (Phi) is 11.4. The van der Waals surface area contributed by atoms with Crippen LogP contribution in [0.2, 0.25) is 0 Å². The summed E-state index contributed by atoms with van der Waals surface area (Å²) in [4.78, 5) is 31.8. The fourth-order valence-corrected chi connectivity index (χ4v) is 5.66. The number of nitrogens with zero attached hydrogens (tertiary/aromatic N) is 3. The van der Waals surface area contributed by atoms with Gasteiger partial charge in [-0.3, -0.25) is 4.79 Å². The Morgan fingerprint density at radius 2 is 1.76 bits per heavy atom. The first-order valence-electron chi connectivity index (χ1n) is 15.1. The largest absolute Gasteiger partial charge is 0.457 e. The molecule has 3 heterocycles. The van der Waals surface area contributed by atoms with E-state index in [1.54, 1.807) is 4.90 Å². The van der Waals surface area contributed by atoms with E-state index in [0.29, 0.717) is 57.8 Å². The summed E-state index contributed by atoms with van der Waals surface area (Å²) in [5.41, 5.74) is 2.19. The zero-order valence-electron chi connectivity index (χ0n) is 25.3. The quantitative estimate of drug-likeness (QED) is 0.416. The van der Waals surface area contributed by atoms with E-state index >= 15 is 0 Å². The molecule has 5 atom stereocenters. The zero-order chi connectivity index (χ0) is 30.2. The number of esters is 1. The van der Waals surface area contributed by atoms with Crippen LogP contribution in [0.1, 0.15) is 45.6 Å². The van der Waals surface area contributed by atoms with Crippen molar-refractivity contribution < 1.29 is 33.3 Å². The van der Waals surface area contributed by atoms with Crippen molar-refractivity contribution >= 4 is 23.8 Å². The highest BCUT2D eigenvalue weighted by Crippen LogP contribution is 2.27. The normalized spacial score (nSPS) is 29.7. The Bertz CT molecular complexity index is 1130. The van der Waals surface area contributed by atoms with E-state index in [9.17, 15) is 19.1 Å². The van der Waals surface area contributed by atoms with E-state index in [0.717, 1.165) is 24.4 Å². The van der Waals surface area contributed by atoms with Gasteiger partial charge in [-0.1, -0.05) is 26.0 Å². The minimum absolute atomic E-state index is 0.0593. The van der Waals surface area contributed by atoms with Crippen molar-refractivity contribution in [2.24, 2.45) is 11.8 Å². The van der Waals surface area contributed by atoms with Crippen molar-refractivity contribution in [3.63, 3.8) is 0 Å². The second-order valence-corrected chi connectivity index (χ2v) is 11.9. The molecule has 9 nitrogen and oxygen atoms in total. The van der Waals surface area contributed by atoms with Gasteiger partial charge in [-0.25, -0.2) is 9.18 Å². The van der Waals surface area contributed by atoms with Crippen LogP contribution in [0.25, 0.3) is 6.08 Å². The third kappa shape index (κ3) is 9.02. The molecule has 2 saturated heterocycles. The van der Waals surface area contributed by atoms with Crippen LogP contribution in [-0.2, 0) is 19.0 Å². The van der Waals surface area contributed by atoms with E-state index in [1.807, 2.05) is 52.1 Å². The highest BCUT2D eigenvalue weighted by molar-refractivity contribution is 5.71. The number of halogens is 1. The molecule has 10 heteroatoms. The topological polar surface area (TPSA) is 91.8 Å². The van der Waals surface area contributed by atoms with Gasteiger partial charge < -0.3 is 34.0 Å². The maximum absolute atomic E-state index is 14.6. The number of aliphatic hydroxyl groups excluding tert-OH is 1. The first-order chi connectivity index (χ1) is 20.1. The summed E-state index contributed by atoms with van der Waals surface area (Å²) in [6, 6.07) is 4.91. The van der Waals surface area contributed by atoms with Crippen molar-refractivity contribution in [3.8, 4) is 0 Å². The molecule has 0 spiro atoms. The predicted molar refractivity (Wildman–Crippen MR) is 160 cm³/mol. The average Bonchev–Trinajstić information content (AvgIpc) is 2.96. The Balaban J connectivity index is 1.56. The molecule has 0 unspecified atom stereocenters. The smallest absolute Gasteiger partial charge is 0.410 e. The third-order valence-corrected chi connectivity index (χ3v) is 8.38. The Labute approximate surface area is 248 Å². The maximum atomic E-state index is 14.6. The molecule has 0 aliphatic carbocycles. The number of anilines is 1. The highest BCUT2D eigenvalue weighted by Gasteiger charge is 2.29. The van der Waals surface area contributed by atoms with Crippen molar-refractivity contribution in [3.05, 3.63) is 47.3 Å². The van der Waals surface area contributed by atoms with Crippen molar-refractivity contribution in [1.82, 2.24) is 9.80 Å². The number of amides is 1. The fourth-order valence-electron chi connectivity index (χ4n) is 5.66. The van der Waals surface area contributed by atoms with Gasteiger partial charge >= 0.3 is 12.1 Å². The van der Waals surface area contributed by atoms with Crippen LogP contribution in [0.3, 0.4) is 0 Å². The molecule has 1 aromatic carbocycles. The molecule has 2 fully saturated rings. The summed E-state index contributed by atoms with van der Waals surface area (Å²) < 4.78 is 32.0. The van der Waals surface area contributed by atoms with Gasteiger partial charge in [-0.05, 0) is 68.1 Å². The van der Waals surface area contributed by atoms with Gasteiger partial charge in [0.25, 0.3) is 0 Å². The molecule has 1 aromatic rings. The van der Waals surface area contributed by atoms with Gasteiger partial charge in [0.15, 0.2) is 0 Å². The Hall–Kier alpha value is -2.95. The van der Waals surface area contributed by atoms with Crippen LogP contribution in [0.4, 0.5) is 14.9 Å². The summed E-state index contributed by atoms with van der Waals surface area (Å²) in [6.45, 7) is 11.2. The molecule has 3 aliphatic heterocycles. The Morgan fingerprint density at radius 1 is 1.05 bits per heavy atom. The van der Waals surface area contributed by atoms with Crippen LogP contribution in [0.15, 0.2) is 35.9 Å². The number of hydrogen-bond acceptors (Lipinski definition) is 8. The fraction of sp³-hybridized carbons (Fsp3) is 0.625. The molecule has 1 amide bonds. The van der Waals surface area contributed by atoms with E-state index in [4.69, 9.17) is 14.2 Å². The minimum Gasteiger partial charge on any atom is -0.457 e. The molecule has 42 heavy (non-hydrogen) atoms. The molecular formula is C32H46FN3O6. The molecule has 4 rings (SSSR count). The number of carbonyl (C=O) groups excluding carboxylic acids is 2. The molecule has 0 saturated carbocycles. The number of ether oxygens (including phenoxy) is 3. The first kappa shape index (κ1) is 32.0. The second-order valence-electron chi connectivity index (χ2n) is 11.9. The van der Waals surface area contributed by atoms with Gasteiger partial charge in [0.2, 0.25) is 0 Å². The molecule has 0 radical (unpaired) electrons. The lowest BCUT2D eigenvalue weighted by Crippen LogP contribution is -2.48. The first-order valence-corrected chi connectivity index (χ1v) is 15.1. The summed E-state index contributed by atoms with van der Waals surface area (Å²) in [5.74, 6) is -1.16. The number of morpholine rings is 1. The molecule has 3 aliphatic rings. The lowest BCUT2D eigenvalue weighted by atomic mass is 9.91. The molecule has 0 bridgehead atoms. The zero-order valence-corrected chi connectivity index (χ0v) is 25.3. The molecule has 232 valence electrons. The van der Waals surface area contributed by atoms with E-state index in [2.05, 4.69) is 9.80 Å². The SMILES string of the molecule is C/C(=C\c1cc(F)cc(N2CCOCC2)c1)[C@H]1OC(=O)C[C@H](O)CC[C@H](C)[C@H](OC(=O)N2CCN(C)CC2)/C=C/[C@@H]1C. The van der Waals surface area contributed by atoms with Gasteiger partial charge in [0.05, 0.1) is 25.7 Å². The van der Waals surface area contributed by atoms with Gasteiger partial charge in [0, 0.05) is 50.9 Å². The number of cyclic esters (lactones) is 1. The number of benzene rings is 1. The van der Waals surface area contributed by atoms with Crippen LogP contribution in [0, 0.1) is 17.7 Å². The number of piperazine rings is 1.